The van der Waals surface area contributed by atoms with E-state index in [-0.39, 0.29) is 11.0 Å². The largest absolute Gasteiger partial charge is 0.478 e. The number of amides is 2. The van der Waals surface area contributed by atoms with Crippen LogP contribution in [-0.4, -0.2) is 17.1 Å². The van der Waals surface area contributed by atoms with Gasteiger partial charge in [-0.05, 0) is 71.5 Å². The lowest BCUT2D eigenvalue weighted by Crippen LogP contribution is -2.20. The molecule has 194 valence electrons. The van der Waals surface area contributed by atoms with Crippen LogP contribution in [-0.2, 0) is 5.41 Å². The molecule has 6 nitrogen and oxygen atoms in total. The SMILES string of the molecule is Cc1ccccc1NC(=O)Nc1cc(-c2cc(Cl)ccc2C(=O)O)ccc1Oc1ccccc1C(C)(C)C. The Labute approximate surface area is 227 Å². The molecule has 0 heterocycles. The summed E-state index contributed by atoms with van der Waals surface area (Å²) >= 11 is 6.20. The van der Waals surface area contributed by atoms with Crippen molar-refractivity contribution >= 4 is 35.0 Å². The summed E-state index contributed by atoms with van der Waals surface area (Å²) in [6, 6.07) is 24.5. The lowest BCUT2D eigenvalue weighted by Gasteiger charge is -2.23. The van der Waals surface area contributed by atoms with Gasteiger partial charge in [-0.15, -0.1) is 0 Å². The molecular formula is C31H29ClN2O4. The van der Waals surface area contributed by atoms with Crippen LogP contribution in [0.5, 0.6) is 11.5 Å². The van der Waals surface area contributed by atoms with Gasteiger partial charge in [0.1, 0.15) is 5.75 Å². The Morgan fingerprint density at radius 2 is 1.50 bits per heavy atom. The van der Waals surface area contributed by atoms with Crippen molar-refractivity contribution < 1.29 is 19.4 Å². The summed E-state index contributed by atoms with van der Waals surface area (Å²) in [6.45, 7) is 8.19. The highest BCUT2D eigenvalue weighted by atomic mass is 35.5. The smallest absolute Gasteiger partial charge is 0.336 e. The third kappa shape index (κ3) is 6.15. The molecule has 38 heavy (non-hydrogen) atoms. The van der Waals surface area contributed by atoms with Gasteiger partial charge in [-0.1, -0.05) is 74.8 Å². The highest BCUT2D eigenvalue weighted by Crippen LogP contribution is 2.39. The van der Waals surface area contributed by atoms with Crippen LogP contribution in [0.3, 0.4) is 0 Å². The Bertz CT molecular complexity index is 1510. The predicted octanol–water partition coefficient (Wildman–Crippen LogP) is 8.75. The maximum Gasteiger partial charge on any atom is 0.336 e. The van der Waals surface area contributed by atoms with E-state index in [1.54, 1.807) is 24.3 Å². The molecule has 4 aromatic carbocycles. The van der Waals surface area contributed by atoms with E-state index in [1.165, 1.54) is 12.1 Å². The fourth-order valence-electron chi connectivity index (χ4n) is 4.11. The molecular weight excluding hydrogens is 500 g/mol. The first kappa shape index (κ1) is 26.8. The summed E-state index contributed by atoms with van der Waals surface area (Å²) in [6.07, 6.45) is 0. The van der Waals surface area contributed by atoms with Crippen LogP contribution in [0.25, 0.3) is 11.1 Å². The molecule has 3 N–H and O–H groups in total. The molecule has 0 bridgehead atoms. The van der Waals surface area contributed by atoms with Crippen molar-refractivity contribution in [2.24, 2.45) is 0 Å². The first-order valence-electron chi connectivity index (χ1n) is 12.1. The summed E-state index contributed by atoms with van der Waals surface area (Å²) in [7, 11) is 0. The maximum absolute atomic E-state index is 13.0. The number of anilines is 2. The Morgan fingerprint density at radius 3 is 2.21 bits per heavy atom. The molecule has 0 aliphatic heterocycles. The number of carbonyl (C=O) groups is 2. The number of aromatic carboxylic acids is 1. The number of carboxylic acid groups (broad SMARTS) is 1. The number of nitrogens with one attached hydrogen (secondary N) is 2. The van der Waals surface area contributed by atoms with Crippen LogP contribution < -0.4 is 15.4 Å². The number of ether oxygens (including phenoxy) is 1. The molecule has 0 aliphatic carbocycles. The number of aryl methyl sites for hydroxylation is 1. The van der Waals surface area contributed by atoms with Gasteiger partial charge in [-0.25, -0.2) is 9.59 Å². The summed E-state index contributed by atoms with van der Waals surface area (Å²) in [5.74, 6) is -0.0173. The second-order valence-electron chi connectivity index (χ2n) is 9.95. The van der Waals surface area contributed by atoms with Crippen molar-refractivity contribution in [1.82, 2.24) is 0 Å². The zero-order chi connectivity index (χ0) is 27.4. The summed E-state index contributed by atoms with van der Waals surface area (Å²) < 4.78 is 6.35. The number of hydrogen-bond acceptors (Lipinski definition) is 3. The van der Waals surface area contributed by atoms with Gasteiger partial charge in [0.15, 0.2) is 5.75 Å². The Morgan fingerprint density at radius 1 is 0.816 bits per heavy atom. The van der Waals surface area contributed by atoms with E-state index < -0.39 is 12.0 Å². The average molecular weight is 529 g/mol. The van der Waals surface area contributed by atoms with Crippen molar-refractivity contribution in [1.29, 1.82) is 0 Å². The summed E-state index contributed by atoms with van der Waals surface area (Å²) in [5, 5.41) is 15.9. The topological polar surface area (TPSA) is 87.7 Å². The van der Waals surface area contributed by atoms with E-state index in [0.717, 1.165) is 11.1 Å². The van der Waals surface area contributed by atoms with Crippen molar-refractivity contribution in [2.45, 2.75) is 33.1 Å². The molecule has 0 aliphatic rings. The third-order valence-corrected chi connectivity index (χ3v) is 6.29. The number of rotatable bonds is 6. The van der Waals surface area contributed by atoms with Crippen LogP contribution in [0.1, 0.15) is 42.3 Å². The van der Waals surface area contributed by atoms with Gasteiger partial charge >= 0.3 is 12.0 Å². The van der Waals surface area contributed by atoms with Gasteiger partial charge in [0.05, 0.1) is 11.3 Å². The average Bonchev–Trinajstić information content (AvgIpc) is 2.86. The first-order chi connectivity index (χ1) is 18.0. The summed E-state index contributed by atoms with van der Waals surface area (Å²) in [5.41, 5.74) is 3.86. The van der Waals surface area contributed by atoms with Crippen molar-refractivity contribution in [3.63, 3.8) is 0 Å². The number of carbonyl (C=O) groups excluding carboxylic acids is 1. The minimum Gasteiger partial charge on any atom is -0.478 e. The van der Waals surface area contributed by atoms with Crippen molar-refractivity contribution in [3.8, 4) is 22.6 Å². The Kier molecular flexibility index (Phi) is 7.74. The van der Waals surface area contributed by atoms with Gasteiger partial charge in [-0.3, -0.25) is 0 Å². The number of urea groups is 1. The maximum atomic E-state index is 13.0. The standard InChI is InChI=1S/C31H29ClN2O4/c1-19-9-5-7-11-25(19)33-30(37)34-26-17-20(23-18-21(32)14-15-22(23)29(35)36)13-16-28(26)38-27-12-8-6-10-24(27)31(2,3)4/h5-18H,1-4H3,(H,35,36)(H2,33,34,37). The number of hydrogen-bond donors (Lipinski definition) is 3. The third-order valence-electron chi connectivity index (χ3n) is 6.06. The summed E-state index contributed by atoms with van der Waals surface area (Å²) in [4.78, 5) is 24.9. The molecule has 0 spiro atoms. The van der Waals surface area contributed by atoms with Crippen LogP contribution in [0.2, 0.25) is 5.02 Å². The second-order valence-corrected chi connectivity index (χ2v) is 10.4. The number of para-hydroxylation sites is 2. The predicted molar refractivity (Wildman–Crippen MR) is 153 cm³/mol. The van der Waals surface area contributed by atoms with Crippen molar-refractivity contribution in [2.75, 3.05) is 10.6 Å². The minimum absolute atomic E-state index is 0.0939. The lowest BCUT2D eigenvalue weighted by atomic mass is 9.86. The van der Waals surface area contributed by atoms with Gasteiger partial charge < -0.3 is 20.5 Å². The van der Waals surface area contributed by atoms with E-state index >= 15 is 0 Å². The van der Waals surface area contributed by atoms with Crippen LogP contribution in [0.4, 0.5) is 16.2 Å². The zero-order valence-electron chi connectivity index (χ0n) is 21.6. The van der Waals surface area contributed by atoms with Gasteiger partial charge in [0, 0.05) is 16.3 Å². The van der Waals surface area contributed by atoms with Gasteiger partial charge in [0.25, 0.3) is 0 Å². The van der Waals surface area contributed by atoms with Crippen LogP contribution >= 0.6 is 11.6 Å². The van der Waals surface area contributed by atoms with E-state index in [4.69, 9.17) is 16.3 Å². The van der Waals surface area contributed by atoms with E-state index in [0.29, 0.717) is 39.0 Å². The molecule has 0 saturated carbocycles. The molecule has 0 unspecified atom stereocenters. The Hall–Kier alpha value is -4.29. The molecule has 4 aromatic rings. The highest BCUT2D eigenvalue weighted by Gasteiger charge is 2.21. The first-order valence-corrected chi connectivity index (χ1v) is 12.5. The van der Waals surface area contributed by atoms with Crippen molar-refractivity contribution in [3.05, 3.63) is 107 Å². The molecule has 0 saturated heterocycles. The lowest BCUT2D eigenvalue weighted by molar-refractivity contribution is 0.0697. The second kappa shape index (κ2) is 11.0. The van der Waals surface area contributed by atoms with Crippen LogP contribution in [0.15, 0.2) is 84.9 Å². The minimum atomic E-state index is -1.08. The monoisotopic (exact) mass is 528 g/mol. The van der Waals surface area contributed by atoms with Gasteiger partial charge in [-0.2, -0.15) is 0 Å². The number of halogens is 1. The van der Waals surface area contributed by atoms with E-state index in [1.807, 2.05) is 55.5 Å². The normalized spacial score (nSPS) is 11.1. The molecule has 0 radical (unpaired) electrons. The fourth-order valence-corrected chi connectivity index (χ4v) is 4.28. The Balaban J connectivity index is 1.78. The number of benzene rings is 4. The quantitative estimate of drug-likeness (QED) is 0.233. The molecule has 0 atom stereocenters. The number of carboxylic acids is 1. The highest BCUT2D eigenvalue weighted by molar-refractivity contribution is 6.31. The molecule has 0 fully saturated rings. The zero-order valence-corrected chi connectivity index (χ0v) is 22.4. The molecule has 4 rings (SSSR count). The molecule has 0 aromatic heterocycles. The van der Waals surface area contributed by atoms with Crippen LogP contribution in [0, 0.1) is 6.92 Å². The van der Waals surface area contributed by atoms with Gasteiger partial charge in [0.2, 0.25) is 0 Å². The fraction of sp³-hybridized carbons (Fsp3) is 0.161. The molecule has 2 amide bonds. The van der Waals surface area contributed by atoms with E-state index in [2.05, 4.69) is 31.4 Å². The van der Waals surface area contributed by atoms with E-state index in [9.17, 15) is 14.7 Å². The molecule has 7 heteroatoms.